The van der Waals surface area contributed by atoms with Crippen molar-refractivity contribution in [3.8, 4) is 0 Å². The Morgan fingerprint density at radius 3 is 2.87 bits per heavy atom. The molecule has 3 heterocycles. The molecular weight excluding hydrogens is 422 g/mol. The fourth-order valence-electron chi connectivity index (χ4n) is 4.64. The van der Waals surface area contributed by atoms with Crippen molar-refractivity contribution in [2.45, 2.75) is 44.1 Å². The van der Waals surface area contributed by atoms with E-state index in [1.807, 2.05) is 5.38 Å². The number of amides is 3. The van der Waals surface area contributed by atoms with E-state index in [1.54, 1.807) is 23.5 Å². The standard InChI is InChI=1S/C22H22ClN3O3S/c23-15-10-14-11-16(20(27)24-8-4-13-5-9-30-12-13)29-19(14)17-18(15)25-21(28)26-22(17)6-2-1-3-7-22/h5,9-12H,1-4,6-8H2,(H,24,27)(H2,25,26,28). The minimum Gasteiger partial charge on any atom is -0.450 e. The number of rotatable bonds is 4. The van der Waals surface area contributed by atoms with Gasteiger partial charge in [0.05, 0.1) is 16.2 Å². The number of carbonyl (C=O) groups excluding carboxylic acids is 2. The van der Waals surface area contributed by atoms with Crippen LogP contribution in [0.25, 0.3) is 11.0 Å². The van der Waals surface area contributed by atoms with Crippen LogP contribution in [0.1, 0.15) is 53.8 Å². The highest BCUT2D eigenvalue weighted by molar-refractivity contribution is 7.07. The lowest BCUT2D eigenvalue weighted by Gasteiger charge is -2.42. The monoisotopic (exact) mass is 443 g/mol. The van der Waals surface area contributed by atoms with E-state index in [-0.39, 0.29) is 17.7 Å². The molecule has 1 saturated carbocycles. The van der Waals surface area contributed by atoms with Gasteiger partial charge in [0.15, 0.2) is 5.76 Å². The molecule has 1 fully saturated rings. The van der Waals surface area contributed by atoms with Gasteiger partial charge in [0.2, 0.25) is 0 Å². The number of fused-ring (bicyclic) bond motifs is 4. The molecular formula is C22H22ClN3O3S. The van der Waals surface area contributed by atoms with Crippen molar-refractivity contribution >= 4 is 51.5 Å². The Morgan fingerprint density at radius 2 is 2.10 bits per heavy atom. The Hall–Kier alpha value is -2.51. The molecule has 0 saturated heterocycles. The van der Waals surface area contributed by atoms with Crippen LogP contribution in [-0.2, 0) is 12.0 Å². The van der Waals surface area contributed by atoms with Crippen LogP contribution in [0.2, 0.25) is 5.02 Å². The predicted octanol–water partition coefficient (Wildman–Crippen LogP) is 5.41. The van der Waals surface area contributed by atoms with Crippen LogP contribution in [0.5, 0.6) is 0 Å². The number of urea groups is 1. The highest BCUT2D eigenvalue weighted by Gasteiger charge is 2.43. The molecule has 0 radical (unpaired) electrons. The second-order valence-electron chi connectivity index (χ2n) is 8.00. The average Bonchev–Trinajstić information content (AvgIpc) is 3.38. The topological polar surface area (TPSA) is 83.4 Å². The van der Waals surface area contributed by atoms with Gasteiger partial charge in [0.25, 0.3) is 5.91 Å². The minimum absolute atomic E-state index is 0.247. The van der Waals surface area contributed by atoms with E-state index in [2.05, 4.69) is 27.4 Å². The van der Waals surface area contributed by atoms with Gasteiger partial charge in [-0.25, -0.2) is 4.79 Å². The largest absolute Gasteiger partial charge is 0.450 e. The van der Waals surface area contributed by atoms with Crippen molar-refractivity contribution in [1.29, 1.82) is 0 Å². The first kappa shape index (κ1) is 19.5. The van der Waals surface area contributed by atoms with Crippen LogP contribution in [0.15, 0.2) is 33.4 Å². The summed E-state index contributed by atoms with van der Waals surface area (Å²) in [4.78, 5) is 25.0. The quantitative estimate of drug-likeness (QED) is 0.503. The van der Waals surface area contributed by atoms with Crippen LogP contribution in [0.4, 0.5) is 10.5 Å². The van der Waals surface area contributed by atoms with Crippen LogP contribution in [-0.4, -0.2) is 18.5 Å². The van der Waals surface area contributed by atoms with Gasteiger partial charge >= 0.3 is 6.03 Å². The van der Waals surface area contributed by atoms with E-state index >= 15 is 0 Å². The molecule has 8 heteroatoms. The van der Waals surface area contributed by atoms with Gasteiger partial charge in [-0.2, -0.15) is 11.3 Å². The zero-order valence-electron chi connectivity index (χ0n) is 16.3. The molecule has 156 valence electrons. The lowest BCUT2D eigenvalue weighted by Crippen LogP contribution is -2.52. The highest BCUT2D eigenvalue weighted by atomic mass is 35.5. The maximum absolute atomic E-state index is 12.7. The Morgan fingerprint density at radius 1 is 1.27 bits per heavy atom. The molecule has 1 aliphatic heterocycles. The number of nitrogens with one attached hydrogen (secondary N) is 3. The molecule has 1 aliphatic carbocycles. The summed E-state index contributed by atoms with van der Waals surface area (Å²) in [5.41, 5.74) is 2.76. The fourth-order valence-corrected chi connectivity index (χ4v) is 5.60. The first-order valence-corrected chi connectivity index (χ1v) is 11.5. The Kier molecular flexibility index (Phi) is 4.95. The molecule has 2 aromatic heterocycles. The van der Waals surface area contributed by atoms with Crippen molar-refractivity contribution in [2.24, 2.45) is 0 Å². The zero-order valence-corrected chi connectivity index (χ0v) is 17.9. The van der Waals surface area contributed by atoms with Crippen LogP contribution >= 0.6 is 22.9 Å². The highest BCUT2D eigenvalue weighted by Crippen LogP contribution is 2.48. The molecule has 30 heavy (non-hydrogen) atoms. The van der Waals surface area contributed by atoms with Gasteiger partial charge in [-0.3, -0.25) is 4.79 Å². The molecule has 0 atom stereocenters. The van der Waals surface area contributed by atoms with Crippen LogP contribution in [0.3, 0.4) is 0 Å². The second kappa shape index (κ2) is 7.63. The molecule has 3 N–H and O–H groups in total. The number of carbonyl (C=O) groups is 2. The molecule has 3 aromatic rings. The SMILES string of the molecule is O=C1Nc2c(Cl)cc3cc(C(=O)NCCc4ccsc4)oc3c2C2(CCCCC2)N1. The third kappa shape index (κ3) is 3.36. The lowest BCUT2D eigenvalue weighted by atomic mass is 9.74. The van der Waals surface area contributed by atoms with Gasteiger partial charge in [-0.1, -0.05) is 30.9 Å². The smallest absolute Gasteiger partial charge is 0.319 e. The van der Waals surface area contributed by atoms with Crippen molar-refractivity contribution in [3.63, 3.8) is 0 Å². The average molecular weight is 444 g/mol. The summed E-state index contributed by atoms with van der Waals surface area (Å²) in [6, 6.07) is 5.29. The van der Waals surface area contributed by atoms with E-state index < -0.39 is 5.54 Å². The van der Waals surface area contributed by atoms with E-state index in [1.165, 1.54) is 5.56 Å². The Bertz CT molecular complexity index is 1120. The van der Waals surface area contributed by atoms with E-state index in [0.29, 0.717) is 22.8 Å². The number of anilines is 1. The van der Waals surface area contributed by atoms with Crippen molar-refractivity contribution in [3.05, 3.63) is 50.9 Å². The van der Waals surface area contributed by atoms with E-state index in [4.69, 9.17) is 16.0 Å². The number of hydrogen-bond acceptors (Lipinski definition) is 4. The Labute approximate surface area is 183 Å². The summed E-state index contributed by atoms with van der Waals surface area (Å²) < 4.78 is 6.07. The van der Waals surface area contributed by atoms with Gasteiger partial charge in [-0.05, 0) is 53.8 Å². The second-order valence-corrected chi connectivity index (χ2v) is 9.18. The van der Waals surface area contributed by atoms with Gasteiger partial charge in [0.1, 0.15) is 5.58 Å². The molecule has 1 aromatic carbocycles. The third-order valence-electron chi connectivity index (χ3n) is 6.04. The van der Waals surface area contributed by atoms with Crippen LogP contribution in [0, 0.1) is 0 Å². The third-order valence-corrected chi connectivity index (χ3v) is 7.07. The summed E-state index contributed by atoms with van der Waals surface area (Å²) in [6.45, 7) is 0.535. The molecule has 1 spiro atoms. The molecule has 6 nitrogen and oxygen atoms in total. The molecule has 0 unspecified atom stereocenters. The van der Waals surface area contributed by atoms with Crippen molar-refractivity contribution < 1.29 is 14.0 Å². The zero-order chi connectivity index (χ0) is 20.7. The fraction of sp³-hybridized carbons (Fsp3) is 0.364. The first-order chi connectivity index (χ1) is 14.6. The maximum atomic E-state index is 12.7. The van der Waals surface area contributed by atoms with Gasteiger partial charge < -0.3 is 20.4 Å². The number of halogens is 1. The molecule has 0 bridgehead atoms. The summed E-state index contributed by atoms with van der Waals surface area (Å²) >= 11 is 8.18. The lowest BCUT2D eigenvalue weighted by molar-refractivity contribution is 0.0928. The number of thiophene rings is 1. The first-order valence-electron chi connectivity index (χ1n) is 10.2. The number of hydrogen-bond donors (Lipinski definition) is 3. The summed E-state index contributed by atoms with van der Waals surface area (Å²) in [5.74, 6) is -0.000514. The summed E-state index contributed by atoms with van der Waals surface area (Å²) in [6.07, 6.45) is 5.60. The molecule has 3 amide bonds. The molecule has 5 rings (SSSR count). The van der Waals surface area contributed by atoms with Crippen molar-refractivity contribution in [1.82, 2.24) is 10.6 Å². The Balaban J connectivity index is 1.49. The van der Waals surface area contributed by atoms with Gasteiger partial charge in [-0.15, -0.1) is 0 Å². The number of furan rings is 1. The van der Waals surface area contributed by atoms with Crippen molar-refractivity contribution in [2.75, 3.05) is 11.9 Å². The normalized spacial score (nSPS) is 17.4. The van der Waals surface area contributed by atoms with Crippen LogP contribution < -0.4 is 16.0 Å². The van der Waals surface area contributed by atoms with E-state index in [9.17, 15) is 9.59 Å². The minimum atomic E-state index is -0.510. The molecule has 2 aliphatic rings. The van der Waals surface area contributed by atoms with E-state index in [0.717, 1.165) is 49.5 Å². The predicted molar refractivity (Wildman–Crippen MR) is 118 cm³/mol. The summed E-state index contributed by atoms with van der Waals surface area (Å²) in [7, 11) is 0. The summed E-state index contributed by atoms with van der Waals surface area (Å²) in [5, 5.41) is 14.2. The number of benzene rings is 1. The maximum Gasteiger partial charge on any atom is 0.319 e. The van der Waals surface area contributed by atoms with Gasteiger partial charge in [0, 0.05) is 17.5 Å².